The quantitative estimate of drug-likeness (QED) is 0.796. The van der Waals surface area contributed by atoms with Gasteiger partial charge in [0.25, 0.3) is 0 Å². The summed E-state index contributed by atoms with van der Waals surface area (Å²) in [6.07, 6.45) is 11.0. The first kappa shape index (κ1) is 15.1. The summed E-state index contributed by atoms with van der Waals surface area (Å²) in [5, 5.41) is 3.61. The first-order valence-electron chi connectivity index (χ1n) is 8.31. The van der Waals surface area contributed by atoms with Crippen LogP contribution >= 0.6 is 0 Å². The molecule has 112 valence electrons. The Kier molecular flexibility index (Phi) is 6.16. The first-order chi connectivity index (χ1) is 9.83. The second-order valence-corrected chi connectivity index (χ2v) is 5.84. The number of anilines is 2. The minimum Gasteiger partial charge on any atom is -0.381 e. The van der Waals surface area contributed by atoms with Gasteiger partial charge in [-0.05, 0) is 44.2 Å². The van der Waals surface area contributed by atoms with Crippen molar-refractivity contribution < 1.29 is 0 Å². The monoisotopic (exact) mass is 275 g/mol. The molecule has 1 saturated heterocycles. The van der Waals surface area contributed by atoms with E-state index in [1.165, 1.54) is 44.9 Å². The maximum atomic E-state index is 4.63. The van der Waals surface area contributed by atoms with E-state index in [1.54, 1.807) is 0 Å². The van der Waals surface area contributed by atoms with Crippen LogP contribution in [0.4, 0.5) is 11.5 Å². The van der Waals surface area contributed by atoms with Crippen molar-refractivity contribution in [2.75, 3.05) is 23.3 Å². The molecule has 3 heteroatoms. The van der Waals surface area contributed by atoms with E-state index in [0.29, 0.717) is 6.04 Å². The molecule has 1 N–H and O–H groups in total. The fraction of sp³-hybridized carbons (Fsp3) is 0.706. The van der Waals surface area contributed by atoms with Gasteiger partial charge >= 0.3 is 0 Å². The zero-order chi connectivity index (χ0) is 14.2. The molecule has 1 aliphatic rings. The molecule has 0 saturated carbocycles. The highest BCUT2D eigenvalue weighted by atomic mass is 15.2. The minimum atomic E-state index is 0.581. The van der Waals surface area contributed by atoms with Crippen LogP contribution in [0.3, 0.4) is 0 Å². The highest BCUT2D eigenvalue weighted by Crippen LogP contribution is 2.20. The molecule has 0 bridgehead atoms. The van der Waals surface area contributed by atoms with E-state index in [4.69, 9.17) is 0 Å². The van der Waals surface area contributed by atoms with E-state index < -0.39 is 0 Å². The zero-order valence-corrected chi connectivity index (χ0v) is 13.1. The van der Waals surface area contributed by atoms with Crippen molar-refractivity contribution in [2.24, 2.45) is 0 Å². The van der Waals surface area contributed by atoms with Gasteiger partial charge < -0.3 is 10.2 Å². The minimum absolute atomic E-state index is 0.581. The van der Waals surface area contributed by atoms with Gasteiger partial charge in [0.2, 0.25) is 0 Å². The number of rotatable bonds is 7. The maximum Gasteiger partial charge on any atom is 0.128 e. The topological polar surface area (TPSA) is 28.2 Å². The van der Waals surface area contributed by atoms with E-state index >= 15 is 0 Å². The van der Waals surface area contributed by atoms with Crippen LogP contribution in [0.25, 0.3) is 0 Å². The maximum absolute atomic E-state index is 4.63. The Hall–Kier alpha value is -1.25. The van der Waals surface area contributed by atoms with Gasteiger partial charge in [-0.15, -0.1) is 0 Å². The molecule has 0 radical (unpaired) electrons. The molecule has 1 atom stereocenters. The Morgan fingerprint density at radius 3 is 2.60 bits per heavy atom. The number of unbranched alkanes of at least 4 members (excludes halogenated alkanes) is 1. The smallest absolute Gasteiger partial charge is 0.128 e. The Balaban J connectivity index is 1.89. The molecule has 1 fully saturated rings. The molecule has 1 aliphatic heterocycles. The molecule has 0 spiro atoms. The molecule has 1 aromatic rings. The third-order valence-electron chi connectivity index (χ3n) is 4.20. The summed E-state index contributed by atoms with van der Waals surface area (Å²) in [4.78, 5) is 7.04. The summed E-state index contributed by atoms with van der Waals surface area (Å²) < 4.78 is 0. The highest BCUT2D eigenvalue weighted by Gasteiger charge is 2.12. The molecule has 0 aromatic carbocycles. The number of hydrogen-bond acceptors (Lipinski definition) is 3. The molecule has 2 heterocycles. The number of piperidine rings is 1. The molecule has 20 heavy (non-hydrogen) atoms. The number of nitrogens with zero attached hydrogens (tertiary/aromatic N) is 2. The third-order valence-corrected chi connectivity index (χ3v) is 4.20. The fourth-order valence-corrected chi connectivity index (χ4v) is 2.85. The highest BCUT2D eigenvalue weighted by molar-refractivity contribution is 5.49. The van der Waals surface area contributed by atoms with Crippen LogP contribution in [0.1, 0.15) is 58.8 Å². The normalized spacial score (nSPS) is 17.0. The second-order valence-electron chi connectivity index (χ2n) is 5.84. The van der Waals surface area contributed by atoms with Gasteiger partial charge in [-0.1, -0.05) is 26.7 Å². The van der Waals surface area contributed by atoms with Crippen molar-refractivity contribution >= 4 is 11.5 Å². The van der Waals surface area contributed by atoms with Crippen LogP contribution in [-0.2, 0) is 0 Å². The van der Waals surface area contributed by atoms with E-state index in [9.17, 15) is 0 Å². The van der Waals surface area contributed by atoms with Gasteiger partial charge in [-0.2, -0.15) is 0 Å². The first-order valence-corrected chi connectivity index (χ1v) is 8.31. The Morgan fingerprint density at radius 1 is 1.20 bits per heavy atom. The Bertz CT molecular complexity index is 368. The van der Waals surface area contributed by atoms with Crippen LogP contribution in [0.5, 0.6) is 0 Å². The summed E-state index contributed by atoms with van der Waals surface area (Å²) in [7, 11) is 0. The van der Waals surface area contributed by atoms with Crippen molar-refractivity contribution in [1.29, 1.82) is 0 Å². The number of nitrogens with one attached hydrogen (secondary N) is 1. The van der Waals surface area contributed by atoms with E-state index in [0.717, 1.165) is 24.6 Å². The Labute approximate surface area is 123 Å². The summed E-state index contributed by atoms with van der Waals surface area (Å²) in [6.45, 7) is 6.83. The van der Waals surface area contributed by atoms with Crippen LogP contribution in [-0.4, -0.2) is 24.1 Å². The van der Waals surface area contributed by atoms with Crippen molar-refractivity contribution in [3.8, 4) is 0 Å². The molecule has 0 amide bonds. The van der Waals surface area contributed by atoms with E-state index in [-0.39, 0.29) is 0 Å². The van der Waals surface area contributed by atoms with Crippen molar-refractivity contribution in [3.63, 3.8) is 0 Å². The number of aromatic nitrogens is 1. The zero-order valence-electron chi connectivity index (χ0n) is 13.1. The molecular formula is C17H29N3. The molecule has 0 aliphatic carbocycles. The predicted molar refractivity (Wildman–Crippen MR) is 87.5 cm³/mol. The average molecular weight is 275 g/mol. The van der Waals surface area contributed by atoms with Crippen molar-refractivity contribution in [3.05, 3.63) is 18.3 Å². The summed E-state index contributed by atoms with van der Waals surface area (Å²) in [6, 6.07) is 4.93. The van der Waals surface area contributed by atoms with Crippen molar-refractivity contribution in [2.45, 2.75) is 64.8 Å². The van der Waals surface area contributed by atoms with Crippen LogP contribution in [0.2, 0.25) is 0 Å². The van der Waals surface area contributed by atoms with Gasteiger partial charge in [0.05, 0.1) is 11.9 Å². The van der Waals surface area contributed by atoms with Gasteiger partial charge in [-0.25, -0.2) is 4.98 Å². The molecule has 3 nitrogen and oxygen atoms in total. The van der Waals surface area contributed by atoms with E-state index in [1.807, 2.05) is 6.20 Å². The second kappa shape index (κ2) is 8.13. The standard InChI is InChI=1S/C17H29N3/c1-3-5-9-15(4-2)19-16-10-11-17(18-14-16)20-12-7-6-8-13-20/h10-11,14-15,19H,3-9,12-13H2,1-2H3. The van der Waals surface area contributed by atoms with Crippen LogP contribution in [0, 0.1) is 0 Å². The third kappa shape index (κ3) is 4.39. The fourth-order valence-electron chi connectivity index (χ4n) is 2.85. The molecular weight excluding hydrogens is 246 g/mol. The molecule has 1 unspecified atom stereocenters. The average Bonchev–Trinajstić information content (AvgIpc) is 2.53. The summed E-state index contributed by atoms with van der Waals surface area (Å²) >= 11 is 0. The van der Waals surface area contributed by atoms with E-state index in [2.05, 4.69) is 41.2 Å². The van der Waals surface area contributed by atoms with Gasteiger partial charge in [0.15, 0.2) is 0 Å². The predicted octanol–water partition coefficient (Wildman–Crippen LogP) is 4.45. The Morgan fingerprint density at radius 2 is 2.00 bits per heavy atom. The van der Waals surface area contributed by atoms with Crippen molar-refractivity contribution in [1.82, 2.24) is 4.98 Å². The summed E-state index contributed by atoms with van der Waals surface area (Å²) in [5.41, 5.74) is 1.16. The van der Waals surface area contributed by atoms with Gasteiger partial charge in [0.1, 0.15) is 5.82 Å². The lowest BCUT2D eigenvalue weighted by Gasteiger charge is -2.28. The SMILES string of the molecule is CCCCC(CC)Nc1ccc(N2CCCCC2)nc1. The number of pyridine rings is 1. The lowest BCUT2D eigenvalue weighted by molar-refractivity contribution is 0.573. The van der Waals surface area contributed by atoms with Gasteiger partial charge in [-0.3, -0.25) is 0 Å². The lowest BCUT2D eigenvalue weighted by Crippen LogP contribution is -2.30. The molecule has 2 rings (SSSR count). The lowest BCUT2D eigenvalue weighted by atomic mass is 10.1. The van der Waals surface area contributed by atoms with Gasteiger partial charge in [0, 0.05) is 19.1 Å². The summed E-state index contributed by atoms with van der Waals surface area (Å²) in [5.74, 6) is 1.14. The largest absolute Gasteiger partial charge is 0.381 e. The van der Waals surface area contributed by atoms with Crippen LogP contribution in [0.15, 0.2) is 18.3 Å². The number of hydrogen-bond donors (Lipinski definition) is 1. The molecule has 1 aromatic heterocycles. The van der Waals surface area contributed by atoms with Crippen LogP contribution < -0.4 is 10.2 Å².